The number of carboxylic acids is 4. The van der Waals surface area contributed by atoms with Crippen molar-refractivity contribution in [2.24, 2.45) is 0 Å². The highest BCUT2D eigenvalue weighted by molar-refractivity contribution is 7.91. The van der Waals surface area contributed by atoms with Crippen LogP contribution in [0.2, 0.25) is 0 Å². The van der Waals surface area contributed by atoms with Gasteiger partial charge in [-0.1, -0.05) is 83.9 Å². The molecule has 0 saturated heterocycles. The quantitative estimate of drug-likeness (QED) is 0.0413. The number of hydrogen-bond acceptors (Lipinski definition) is 21. The molecule has 636 valence electrons. The van der Waals surface area contributed by atoms with Gasteiger partial charge in [0, 0.05) is 64.7 Å². The van der Waals surface area contributed by atoms with Crippen LogP contribution >= 0.6 is 11.6 Å². The van der Waals surface area contributed by atoms with Gasteiger partial charge in [-0.2, -0.15) is 15.8 Å². The molecule has 0 unspecified atom stereocenters. The number of sulfone groups is 4. The van der Waals surface area contributed by atoms with Gasteiger partial charge in [0.1, 0.15) is 17.6 Å². The number of carbonyl (C=O) groups is 4. The molecule has 0 aliphatic heterocycles. The first-order valence-electron chi connectivity index (χ1n) is 39.7. The maximum Gasteiger partial charge on any atom is 0.335 e. The molecule has 4 N–H and O–H groups in total. The molecule has 5 aliphatic rings. The van der Waals surface area contributed by atoms with Crippen LogP contribution in [-0.2, 0) is 62.4 Å². The predicted molar refractivity (Wildman–Crippen MR) is 464 cm³/mol. The van der Waals surface area contributed by atoms with E-state index in [1.165, 1.54) is 60.7 Å². The zero-order valence-corrected chi connectivity index (χ0v) is 71.2. The van der Waals surface area contributed by atoms with Crippen molar-refractivity contribution in [3.8, 4) is 63.1 Å². The summed E-state index contributed by atoms with van der Waals surface area (Å²) in [6, 6.07) is 51.3. The summed E-state index contributed by atoms with van der Waals surface area (Å²) in [7, 11) is -15.6. The van der Waals surface area contributed by atoms with Crippen molar-refractivity contribution in [2.75, 3.05) is 0 Å². The van der Waals surface area contributed by atoms with Gasteiger partial charge < -0.3 is 24.9 Å². The fourth-order valence-corrected chi connectivity index (χ4v) is 22.2. The van der Waals surface area contributed by atoms with Crippen molar-refractivity contribution in [3.63, 3.8) is 0 Å². The van der Waals surface area contributed by atoms with Gasteiger partial charge in [0.2, 0.25) is 0 Å². The molecule has 4 saturated carbocycles. The lowest BCUT2D eigenvalue weighted by Gasteiger charge is -2.28. The van der Waals surface area contributed by atoms with Gasteiger partial charge in [-0.15, -0.1) is 0 Å². The molecule has 126 heavy (non-hydrogen) atoms. The van der Waals surface area contributed by atoms with E-state index in [9.17, 15) is 93.5 Å². The largest absolute Gasteiger partial charge is 0.478 e. The van der Waals surface area contributed by atoms with Crippen LogP contribution in [0.25, 0.3) is 50.5 Å². The summed E-state index contributed by atoms with van der Waals surface area (Å²) in [6.45, 7) is 1.80. The summed E-state index contributed by atoms with van der Waals surface area (Å²) in [6.07, 6.45) is 21.4. The molecule has 0 bridgehead atoms. The van der Waals surface area contributed by atoms with Crippen LogP contribution in [0.15, 0.2) is 254 Å². The van der Waals surface area contributed by atoms with E-state index in [0.29, 0.717) is 101 Å². The number of halogens is 2. The Morgan fingerprint density at radius 1 is 0.437 bits per heavy atom. The van der Waals surface area contributed by atoms with Crippen LogP contribution in [0.3, 0.4) is 0 Å². The van der Waals surface area contributed by atoms with Crippen LogP contribution in [0.1, 0.15) is 202 Å². The number of aromatic nitrogens is 5. The lowest BCUT2D eigenvalue weighted by Crippen LogP contribution is -2.16. The van der Waals surface area contributed by atoms with E-state index in [0.717, 1.165) is 86.1 Å². The van der Waals surface area contributed by atoms with E-state index in [1.54, 1.807) is 141 Å². The van der Waals surface area contributed by atoms with E-state index in [2.05, 4.69) is 31.2 Å². The smallest absolute Gasteiger partial charge is 0.335 e. The second-order valence-corrected chi connectivity index (χ2v) is 39.3. The van der Waals surface area contributed by atoms with Crippen LogP contribution in [0, 0.1) is 46.7 Å². The normalized spacial score (nSPS) is 14.3. The third-order valence-electron chi connectivity index (χ3n) is 22.2. The van der Waals surface area contributed by atoms with Gasteiger partial charge >= 0.3 is 23.9 Å². The number of benzene rings is 8. The van der Waals surface area contributed by atoms with Gasteiger partial charge in [-0.25, -0.2) is 67.2 Å². The average molecular weight is 1780 g/mol. The Kier molecular flexibility index (Phi) is 26.2. The van der Waals surface area contributed by atoms with Crippen molar-refractivity contribution in [1.29, 1.82) is 15.8 Å². The molecule has 0 amide bonds. The first-order chi connectivity index (χ1) is 60.3. The second-order valence-electron chi connectivity index (χ2n) is 31.0. The number of nitriles is 3. The zero-order valence-electron chi connectivity index (χ0n) is 67.1. The van der Waals surface area contributed by atoms with E-state index in [-0.39, 0.29) is 93.9 Å². The van der Waals surface area contributed by atoms with Gasteiger partial charge in [0.05, 0.1) is 106 Å². The maximum absolute atomic E-state index is 14.3. The Labute approximate surface area is 729 Å². The molecule has 4 aromatic heterocycles. The topological polar surface area (TPSA) is 435 Å². The van der Waals surface area contributed by atoms with Crippen LogP contribution < -0.4 is 0 Å². The maximum atomic E-state index is 14.3. The summed E-state index contributed by atoms with van der Waals surface area (Å²) in [5.41, 5.74) is 10.3. The number of allylic oxidation sites excluding steroid dienone is 4. The summed E-state index contributed by atoms with van der Waals surface area (Å²) >= 11 is 6.04. The number of pyridine rings is 2. The number of aromatic carboxylic acids is 4. The standard InChI is InChI=1S/C26H22N2O5S.C24H20N2O4S.C23H17ClFNO4S.C22H17N3O4S/c1-16-24(14-28-33-16)18-6-8-22(20-3-2-10-27-13-20)21(11-18)15-34(31,32)25-12-19(26(29)30)7-9-23(25)17-4-5-17;25-14-16-7-9-20(22-6-1-2-11-26-22)19(12-16)15-31(29,30)23-13-18(24(27)28)8-10-21(23)17-4-3-5-17;24-18-5-3-14(8-18)20-10-21(25)16(11-26)7-17(20)12-31(29,30)22-9-15(23(27)28)4-6-19(22)13-1-2-13;23-12-14-2-6-19(21-24-8-1-9-25-21)17(10-14)13-30(28,29)20-11-16(22(26)27)5-7-18(20)15-3-4-15/h2-3,6-14,17H,4-5,15H2,1H3,(H,29,30);1-2,6-13,17H,3-5,15H2,(H,27,28);3-7,9-10,13H,1-2,8,12H2,(H,27,28);1-2,5-11,15H,3-4,13H2,(H,26,27). The van der Waals surface area contributed by atoms with Gasteiger partial charge in [-0.3, -0.25) is 9.97 Å². The summed E-state index contributed by atoms with van der Waals surface area (Å²) in [5, 5.41) is 69.7. The first kappa shape index (κ1) is 88.5. The number of carboxylic acid groups (broad SMARTS) is 4. The van der Waals surface area contributed by atoms with Crippen LogP contribution in [0.5, 0.6) is 0 Å². The number of hydrogen-bond donors (Lipinski definition) is 4. The van der Waals surface area contributed by atoms with E-state index in [4.69, 9.17) is 16.1 Å². The second kappa shape index (κ2) is 37.3. The molecule has 0 spiro atoms. The molecule has 0 atom stereocenters. The molecule has 17 rings (SSSR count). The first-order valence-corrected chi connectivity index (χ1v) is 46.7. The highest BCUT2D eigenvalue weighted by Gasteiger charge is 2.37. The predicted octanol–water partition coefficient (Wildman–Crippen LogP) is 18.5. The fourth-order valence-electron chi connectivity index (χ4n) is 15.2. The molecule has 25 nitrogen and oxygen atoms in total. The molecular formula is C95H76ClFN8O17S4. The Morgan fingerprint density at radius 2 is 0.881 bits per heavy atom. The minimum atomic E-state index is -3.98. The summed E-state index contributed by atoms with van der Waals surface area (Å²) in [4.78, 5) is 62.9. The van der Waals surface area contributed by atoms with Crippen molar-refractivity contribution in [2.45, 2.75) is 137 Å². The van der Waals surface area contributed by atoms with Gasteiger partial charge in [0.15, 0.2) is 45.2 Å². The van der Waals surface area contributed by atoms with E-state index in [1.807, 2.05) is 36.4 Å². The summed E-state index contributed by atoms with van der Waals surface area (Å²) < 4.78 is 128. The number of nitrogens with zero attached hydrogens (tertiary/aromatic N) is 8. The van der Waals surface area contributed by atoms with Gasteiger partial charge in [-0.05, 0) is 276 Å². The molecule has 12 aromatic rings. The molecular weight excluding hydrogens is 1710 g/mol. The van der Waals surface area contributed by atoms with Crippen molar-refractivity contribution in [1.82, 2.24) is 25.1 Å². The highest BCUT2D eigenvalue weighted by atomic mass is 35.5. The Balaban J connectivity index is 0.000000136. The average Bonchev–Trinajstić information content (AvgIpc) is 1.44. The third kappa shape index (κ3) is 20.5. The van der Waals surface area contributed by atoms with Crippen LogP contribution in [-0.4, -0.2) is 103 Å². The molecule has 0 radical (unpaired) electrons. The van der Waals surface area contributed by atoms with Crippen molar-refractivity contribution >= 4 is 80.4 Å². The number of rotatable bonds is 25. The minimum absolute atomic E-state index is 0.0276. The minimum Gasteiger partial charge on any atom is -0.478 e. The van der Waals surface area contributed by atoms with E-state index < -0.39 is 74.8 Å². The van der Waals surface area contributed by atoms with Crippen LogP contribution in [0.4, 0.5) is 4.39 Å². The molecule has 31 heteroatoms. The van der Waals surface area contributed by atoms with Crippen molar-refractivity contribution in [3.05, 3.63) is 331 Å². The monoisotopic (exact) mass is 1780 g/mol. The Hall–Kier alpha value is -13.8. The number of aryl methyl sites for hydroxylation is 1. The molecule has 4 heterocycles. The third-order valence-corrected chi connectivity index (χ3v) is 29.3. The molecule has 5 aliphatic carbocycles. The molecule has 8 aromatic carbocycles. The highest BCUT2D eigenvalue weighted by Crippen LogP contribution is 2.48. The zero-order chi connectivity index (χ0) is 89.5. The lowest BCUT2D eigenvalue weighted by atomic mass is 9.80. The van der Waals surface area contributed by atoms with E-state index >= 15 is 0 Å². The SMILES string of the molecule is Cc1oncc1-c1ccc(-c2cccnc2)c(CS(=O)(=O)c2cc(C(=O)O)ccc2C2CC2)c1.N#Cc1cc(CS(=O)(=O)c2cc(C(=O)O)ccc2C2CC2)c(C2=CC=C(Cl)C2)cc1F.N#Cc1ccc(-c2ccccn2)c(CS(=O)(=O)c2cc(C(=O)O)ccc2C2CCC2)c1.N#Cc1ccc(-c2ncccn2)c(CS(=O)(=O)c2cc(C(=O)O)ccc2C2CC2)c1. The Bertz CT molecular complexity index is 7060. The molecule has 4 fully saturated rings. The Morgan fingerprint density at radius 3 is 1.27 bits per heavy atom. The van der Waals surface area contributed by atoms with Crippen molar-refractivity contribution < 1.29 is 82.2 Å². The summed E-state index contributed by atoms with van der Waals surface area (Å²) in [5.74, 6) is -5.51. The van der Waals surface area contributed by atoms with Gasteiger partial charge in [0.25, 0.3) is 0 Å². The fraction of sp³-hybridized carbons (Fsp3) is 0.200. The lowest BCUT2D eigenvalue weighted by molar-refractivity contribution is 0.0685.